The van der Waals surface area contributed by atoms with E-state index >= 15 is 0 Å². The lowest BCUT2D eigenvalue weighted by Crippen LogP contribution is -2.44. The molecule has 0 saturated carbocycles. The van der Waals surface area contributed by atoms with Gasteiger partial charge in [0.25, 0.3) is 5.91 Å². The topological polar surface area (TPSA) is 76.2 Å². The Bertz CT molecular complexity index is 860. The average Bonchev–Trinajstić information content (AvgIpc) is 3.32. The molecule has 3 aromatic rings. The summed E-state index contributed by atoms with van der Waals surface area (Å²) in [5.41, 5.74) is 0.997. The molecule has 4 rings (SSSR count). The second-order valence-electron chi connectivity index (χ2n) is 5.63. The fraction of sp³-hybridized carbons (Fsp3) is 0.222. The van der Waals surface area contributed by atoms with Crippen LogP contribution >= 0.6 is 11.3 Å². The molecule has 1 aliphatic rings. The van der Waals surface area contributed by atoms with E-state index in [-0.39, 0.29) is 12.5 Å². The largest absolute Gasteiger partial charge is 0.485 e. The molecule has 3 heterocycles. The summed E-state index contributed by atoms with van der Waals surface area (Å²) in [4.78, 5) is 21.0. The molecule has 0 radical (unpaired) electrons. The van der Waals surface area contributed by atoms with Crippen LogP contribution in [0.4, 0.5) is 0 Å². The van der Waals surface area contributed by atoms with Crippen LogP contribution in [0.15, 0.2) is 48.0 Å². The van der Waals surface area contributed by atoms with E-state index in [0.717, 1.165) is 16.4 Å². The Morgan fingerprint density at radius 2 is 2.16 bits per heavy atom. The van der Waals surface area contributed by atoms with Gasteiger partial charge in [0.15, 0.2) is 11.5 Å². The highest BCUT2D eigenvalue weighted by Gasteiger charge is 2.26. The summed E-state index contributed by atoms with van der Waals surface area (Å²) in [6, 6.07) is 11.4. The van der Waals surface area contributed by atoms with Gasteiger partial charge < -0.3 is 19.8 Å². The van der Waals surface area contributed by atoms with Crippen LogP contribution in [-0.2, 0) is 11.2 Å². The molecule has 1 atom stereocenters. The first-order chi connectivity index (χ1) is 12.3. The molecule has 2 N–H and O–H groups in total. The molecule has 0 fully saturated rings. The van der Waals surface area contributed by atoms with Gasteiger partial charge in [0.1, 0.15) is 12.4 Å². The van der Waals surface area contributed by atoms with Crippen molar-refractivity contribution in [3.8, 4) is 22.1 Å². The number of hydrogen-bond donors (Lipinski definition) is 2. The van der Waals surface area contributed by atoms with E-state index < -0.39 is 6.10 Å². The smallest absolute Gasteiger partial charge is 0.264 e. The van der Waals surface area contributed by atoms with E-state index in [2.05, 4.69) is 15.3 Å². The molecule has 0 unspecified atom stereocenters. The molecule has 1 aromatic carbocycles. The van der Waals surface area contributed by atoms with Crippen LogP contribution in [0.5, 0.6) is 11.5 Å². The van der Waals surface area contributed by atoms with Gasteiger partial charge in [-0.3, -0.25) is 4.79 Å². The van der Waals surface area contributed by atoms with Crippen LogP contribution < -0.4 is 14.8 Å². The van der Waals surface area contributed by atoms with Crippen LogP contribution in [0, 0.1) is 0 Å². The lowest BCUT2D eigenvalue weighted by atomic mass is 10.2. The fourth-order valence-electron chi connectivity index (χ4n) is 2.61. The van der Waals surface area contributed by atoms with E-state index in [4.69, 9.17) is 9.47 Å². The number of thiophene rings is 1. The predicted octanol–water partition coefficient (Wildman–Crippen LogP) is 2.64. The summed E-state index contributed by atoms with van der Waals surface area (Å²) in [6.07, 6.45) is 1.81. The first-order valence-corrected chi connectivity index (χ1v) is 8.91. The van der Waals surface area contributed by atoms with E-state index in [1.54, 1.807) is 17.4 Å². The SMILES string of the molecule is O=C(NCCc1ncc(-c2cccs2)[nH]1)[C@@H]1COc2ccccc2O1. The minimum atomic E-state index is -0.631. The lowest BCUT2D eigenvalue weighted by molar-refractivity contribution is -0.130. The minimum absolute atomic E-state index is 0.181. The number of aromatic amines is 1. The monoisotopic (exact) mass is 355 g/mol. The number of hydrogen-bond acceptors (Lipinski definition) is 5. The quantitative estimate of drug-likeness (QED) is 0.738. The number of aromatic nitrogens is 2. The van der Waals surface area contributed by atoms with Crippen molar-refractivity contribution in [1.29, 1.82) is 0 Å². The maximum atomic E-state index is 12.2. The van der Waals surface area contributed by atoms with Gasteiger partial charge in [-0.2, -0.15) is 0 Å². The van der Waals surface area contributed by atoms with Crippen LogP contribution in [-0.4, -0.2) is 35.1 Å². The van der Waals surface area contributed by atoms with Crippen LogP contribution in [0.3, 0.4) is 0 Å². The first-order valence-electron chi connectivity index (χ1n) is 8.03. The molecule has 6 nitrogen and oxygen atoms in total. The Morgan fingerprint density at radius 3 is 3.00 bits per heavy atom. The molecule has 7 heteroatoms. The van der Waals surface area contributed by atoms with Gasteiger partial charge in [-0.1, -0.05) is 18.2 Å². The number of rotatable bonds is 5. The molecule has 2 aromatic heterocycles. The fourth-order valence-corrected chi connectivity index (χ4v) is 3.30. The number of para-hydroxylation sites is 2. The third-order valence-corrected chi connectivity index (χ3v) is 4.78. The zero-order chi connectivity index (χ0) is 17.1. The van der Waals surface area contributed by atoms with Crippen molar-refractivity contribution in [3.05, 3.63) is 53.8 Å². The van der Waals surface area contributed by atoms with Gasteiger partial charge in [-0.05, 0) is 23.6 Å². The van der Waals surface area contributed by atoms with Gasteiger partial charge >= 0.3 is 0 Å². The second kappa shape index (κ2) is 6.98. The average molecular weight is 355 g/mol. The van der Waals surface area contributed by atoms with Crippen molar-refractivity contribution in [1.82, 2.24) is 15.3 Å². The standard InChI is InChI=1S/C18H17N3O3S/c22-18(15-11-23-13-4-1-2-5-14(13)24-15)19-8-7-17-20-10-12(21-17)16-6-3-9-25-16/h1-6,9-10,15H,7-8,11H2,(H,19,22)(H,20,21)/t15-/m0/s1. The molecular formula is C18H17N3O3S. The Hall–Kier alpha value is -2.80. The van der Waals surface area contributed by atoms with Gasteiger partial charge in [0.2, 0.25) is 6.10 Å². The van der Waals surface area contributed by atoms with E-state index in [1.807, 2.05) is 41.9 Å². The van der Waals surface area contributed by atoms with Crippen molar-refractivity contribution in [2.75, 3.05) is 13.2 Å². The Kier molecular flexibility index (Phi) is 4.39. The number of nitrogens with one attached hydrogen (secondary N) is 2. The molecule has 1 aliphatic heterocycles. The maximum absolute atomic E-state index is 12.2. The highest BCUT2D eigenvalue weighted by atomic mass is 32.1. The molecule has 128 valence electrons. The first kappa shape index (κ1) is 15.7. The third kappa shape index (κ3) is 3.51. The van der Waals surface area contributed by atoms with Crippen LogP contribution in [0.25, 0.3) is 10.6 Å². The van der Waals surface area contributed by atoms with Crippen molar-refractivity contribution >= 4 is 17.2 Å². The van der Waals surface area contributed by atoms with Crippen LogP contribution in [0.1, 0.15) is 5.82 Å². The number of benzene rings is 1. The van der Waals surface area contributed by atoms with Crippen molar-refractivity contribution in [3.63, 3.8) is 0 Å². The molecular weight excluding hydrogens is 338 g/mol. The summed E-state index contributed by atoms with van der Waals surface area (Å²) in [7, 11) is 0. The van der Waals surface area contributed by atoms with Gasteiger partial charge in [-0.15, -0.1) is 11.3 Å². The highest BCUT2D eigenvalue weighted by molar-refractivity contribution is 7.13. The number of carbonyl (C=O) groups excluding carboxylic acids is 1. The highest BCUT2D eigenvalue weighted by Crippen LogP contribution is 2.30. The summed E-state index contributed by atoms with van der Waals surface area (Å²) in [6.45, 7) is 0.698. The van der Waals surface area contributed by atoms with Crippen molar-refractivity contribution < 1.29 is 14.3 Å². The predicted molar refractivity (Wildman–Crippen MR) is 95.0 cm³/mol. The zero-order valence-corrected chi connectivity index (χ0v) is 14.2. The number of imidazole rings is 1. The summed E-state index contributed by atoms with van der Waals surface area (Å²) < 4.78 is 11.3. The minimum Gasteiger partial charge on any atom is -0.485 e. The number of carbonyl (C=O) groups is 1. The molecule has 1 amide bonds. The van der Waals surface area contributed by atoms with E-state index in [9.17, 15) is 4.79 Å². The lowest BCUT2D eigenvalue weighted by Gasteiger charge is -2.25. The summed E-state index contributed by atoms with van der Waals surface area (Å²) in [5, 5.41) is 4.90. The summed E-state index contributed by atoms with van der Waals surface area (Å²) in [5.74, 6) is 1.93. The van der Waals surface area contributed by atoms with Crippen LogP contribution in [0.2, 0.25) is 0 Å². The van der Waals surface area contributed by atoms with E-state index in [1.165, 1.54) is 0 Å². The second-order valence-corrected chi connectivity index (χ2v) is 6.57. The van der Waals surface area contributed by atoms with E-state index in [0.29, 0.717) is 24.5 Å². The zero-order valence-electron chi connectivity index (χ0n) is 13.4. The number of nitrogens with zero attached hydrogens (tertiary/aromatic N) is 1. The molecule has 0 aliphatic carbocycles. The number of amides is 1. The van der Waals surface area contributed by atoms with Gasteiger partial charge in [-0.25, -0.2) is 4.98 Å². The Balaban J connectivity index is 1.28. The van der Waals surface area contributed by atoms with Gasteiger partial charge in [0.05, 0.1) is 16.8 Å². The molecule has 0 bridgehead atoms. The summed E-state index contributed by atoms with van der Waals surface area (Å²) >= 11 is 1.66. The normalized spacial score (nSPS) is 15.8. The maximum Gasteiger partial charge on any atom is 0.264 e. The molecule has 0 saturated heterocycles. The Morgan fingerprint density at radius 1 is 1.28 bits per heavy atom. The van der Waals surface area contributed by atoms with Crippen molar-refractivity contribution in [2.24, 2.45) is 0 Å². The number of ether oxygens (including phenoxy) is 2. The number of H-pyrrole nitrogens is 1. The van der Waals surface area contributed by atoms with Crippen molar-refractivity contribution in [2.45, 2.75) is 12.5 Å². The number of fused-ring (bicyclic) bond motifs is 1. The molecule has 0 spiro atoms. The Labute approximate surface area is 148 Å². The third-order valence-electron chi connectivity index (χ3n) is 3.88. The molecule has 25 heavy (non-hydrogen) atoms. The van der Waals surface area contributed by atoms with Gasteiger partial charge in [0, 0.05) is 13.0 Å².